The molecule has 0 aromatic heterocycles. The molecule has 10 heavy (non-hydrogen) atoms. The third kappa shape index (κ3) is 11.1. The van der Waals surface area contributed by atoms with Crippen LogP contribution in [0.15, 0.2) is 0 Å². The van der Waals surface area contributed by atoms with Crippen molar-refractivity contribution in [3.8, 4) is 0 Å². The van der Waals surface area contributed by atoms with Crippen molar-refractivity contribution >= 4 is 29.3 Å². The summed E-state index contributed by atoms with van der Waals surface area (Å²) >= 11 is 1.39. The van der Waals surface area contributed by atoms with Crippen LogP contribution in [0.4, 0.5) is 0 Å². The summed E-state index contributed by atoms with van der Waals surface area (Å²) in [5.41, 5.74) is 0. The Kier molecular flexibility index (Phi) is 12.0. The van der Waals surface area contributed by atoms with E-state index < -0.39 is 0 Å². The molecule has 0 unspecified atom stereocenters. The van der Waals surface area contributed by atoms with Gasteiger partial charge in [0.25, 0.3) is 0 Å². The summed E-state index contributed by atoms with van der Waals surface area (Å²) in [7, 11) is 1.92. The summed E-state index contributed by atoms with van der Waals surface area (Å²) in [4.78, 5) is 10.3. The molecule has 1 N–H and O–H groups in total. The number of rotatable bonds is 4. The van der Waals surface area contributed by atoms with Crippen LogP contribution in [0.3, 0.4) is 0 Å². The summed E-state index contributed by atoms with van der Waals surface area (Å²) in [5, 5.41) is 3.23. The highest BCUT2D eigenvalue weighted by atomic mass is 35.5. The van der Waals surface area contributed by atoms with E-state index in [4.69, 9.17) is 0 Å². The van der Waals surface area contributed by atoms with Crippen LogP contribution in [0, 0.1) is 0 Å². The Bertz CT molecular complexity index is 89.8. The normalized spacial score (nSPS) is 8.60. The number of nitrogens with one attached hydrogen (secondary N) is 1. The number of halogens is 1. The molecule has 0 fully saturated rings. The Balaban J connectivity index is 0. The fourth-order valence-corrected chi connectivity index (χ4v) is 1.04. The number of thioether (sulfide) groups is 1. The quantitative estimate of drug-likeness (QED) is 0.667. The molecule has 0 aliphatic heterocycles. The lowest BCUT2D eigenvalue weighted by Crippen LogP contribution is -2.08. The van der Waals surface area contributed by atoms with Gasteiger partial charge in [-0.3, -0.25) is 4.79 Å². The molecule has 0 aliphatic rings. The highest BCUT2D eigenvalue weighted by molar-refractivity contribution is 8.13. The second-order valence-electron chi connectivity index (χ2n) is 1.80. The molecule has 0 bridgehead atoms. The zero-order chi connectivity index (χ0) is 7.11. The Morgan fingerprint density at radius 3 is 2.60 bits per heavy atom. The molecular weight excluding hydrogens is 170 g/mol. The van der Waals surface area contributed by atoms with E-state index in [2.05, 4.69) is 5.32 Å². The van der Waals surface area contributed by atoms with Gasteiger partial charge in [-0.25, -0.2) is 0 Å². The van der Waals surface area contributed by atoms with Crippen LogP contribution in [0.2, 0.25) is 0 Å². The summed E-state index contributed by atoms with van der Waals surface area (Å²) in [6.45, 7) is 2.60. The smallest absolute Gasteiger partial charge is 0.185 e. The van der Waals surface area contributed by atoms with Crippen molar-refractivity contribution in [3.05, 3.63) is 0 Å². The second-order valence-corrected chi connectivity index (χ2v) is 3.07. The van der Waals surface area contributed by atoms with Gasteiger partial charge in [0, 0.05) is 12.7 Å². The van der Waals surface area contributed by atoms with Gasteiger partial charge >= 0.3 is 0 Å². The van der Waals surface area contributed by atoms with Crippen molar-refractivity contribution in [2.24, 2.45) is 0 Å². The molecule has 0 amide bonds. The predicted molar refractivity (Wildman–Crippen MR) is 48.9 cm³/mol. The monoisotopic (exact) mass is 183 g/mol. The minimum atomic E-state index is 0. The second kappa shape index (κ2) is 9.27. The molecule has 0 aliphatic carbocycles. The zero-order valence-corrected chi connectivity index (χ0v) is 7.98. The van der Waals surface area contributed by atoms with Crippen molar-refractivity contribution < 1.29 is 4.79 Å². The SMILES string of the molecule is CNCCCSC(C)=O.Cl. The van der Waals surface area contributed by atoms with Crippen LogP contribution in [0.1, 0.15) is 13.3 Å². The predicted octanol–water partition coefficient (Wildman–Crippen LogP) is 1.30. The third-order valence-corrected chi connectivity index (χ3v) is 1.78. The van der Waals surface area contributed by atoms with Gasteiger partial charge in [-0.2, -0.15) is 0 Å². The Morgan fingerprint density at radius 2 is 2.20 bits per heavy atom. The fraction of sp³-hybridized carbons (Fsp3) is 0.833. The van der Waals surface area contributed by atoms with Gasteiger partial charge in [0.1, 0.15) is 0 Å². The first-order valence-corrected chi connectivity index (χ1v) is 4.04. The van der Waals surface area contributed by atoms with E-state index in [0.29, 0.717) is 0 Å². The Labute approximate surface area is 72.6 Å². The molecule has 0 spiro atoms. The first kappa shape index (κ1) is 12.9. The van der Waals surface area contributed by atoms with Crippen LogP contribution in [0.25, 0.3) is 0 Å². The maximum absolute atomic E-state index is 10.3. The molecule has 0 rings (SSSR count). The average Bonchev–Trinajstić information content (AvgIpc) is 1.80. The van der Waals surface area contributed by atoms with E-state index in [1.54, 1.807) is 6.92 Å². The number of carbonyl (C=O) groups is 1. The van der Waals surface area contributed by atoms with Crippen molar-refractivity contribution in [2.45, 2.75) is 13.3 Å². The van der Waals surface area contributed by atoms with Gasteiger partial charge in [0.05, 0.1) is 0 Å². The molecule has 0 radical (unpaired) electrons. The van der Waals surface area contributed by atoms with E-state index in [1.807, 2.05) is 7.05 Å². The van der Waals surface area contributed by atoms with Crippen molar-refractivity contribution in [3.63, 3.8) is 0 Å². The van der Waals surface area contributed by atoms with Gasteiger partial charge in [-0.05, 0) is 20.0 Å². The lowest BCUT2D eigenvalue weighted by Gasteiger charge is -1.95. The first-order chi connectivity index (χ1) is 4.27. The summed E-state index contributed by atoms with van der Waals surface area (Å²) in [6.07, 6.45) is 1.07. The van der Waals surface area contributed by atoms with Gasteiger partial charge in [0.2, 0.25) is 0 Å². The topological polar surface area (TPSA) is 29.1 Å². The highest BCUT2D eigenvalue weighted by Crippen LogP contribution is 2.01. The van der Waals surface area contributed by atoms with Crippen molar-refractivity contribution in [2.75, 3.05) is 19.3 Å². The fourth-order valence-electron chi connectivity index (χ4n) is 0.465. The first-order valence-electron chi connectivity index (χ1n) is 3.05. The van der Waals surface area contributed by atoms with Crippen LogP contribution >= 0.6 is 24.2 Å². The summed E-state index contributed by atoms with van der Waals surface area (Å²) < 4.78 is 0. The molecule has 0 saturated carbocycles. The van der Waals surface area contributed by atoms with E-state index in [1.165, 1.54) is 11.8 Å². The van der Waals surface area contributed by atoms with Crippen LogP contribution < -0.4 is 5.32 Å². The van der Waals surface area contributed by atoms with E-state index >= 15 is 0 Å². The molecule has 4 heteroatoms. The van der Waals surface area contributed by atoms with Gasteiger partial charge in [-0.1, -0.05) is 11.8 Å². The van der Waals surface area contributed by atoms with Crippen molar-refractivity contribution in [1.29, 1.82) is 0 Å². The molecule has 0 saturated heterocycles. The Hall–Kier alpha value is 0.270. The third-order valence-electron chi connectivity index (χ3n) is 0.876. The van der Waals surface area contributed by atoms with E-state index in [0.717, 1.165) is 18.7 Å². The molecule has 0 heterocycles. The lowest BCUT2D eigenvalue weighted by atomic mass is 10.5. The molecule has 0 aromatic rings. The van der Waals surface area contributed by atoms with Crippen LogP contribution in [-0.4, -0.2) is 24.5 Å². The van der Waals surface area contributed by atoms with Gasteiger partial charge < -0.3 is 5.32 Å². The molecule has 2 nitrogen and oxygen atoms in total. The summed E-state index contributed by atoms with van der Waals surface area (Å²) in [5.74, 6) is 0.941. The number of hydrogen-bond acceptors (Lipinski definition) is 3. The zero-order valence-electron chi connectivity index (χ0n) is 6.35. The Morgan fingerprint density at radius 1 is 1.60 bits per heavy atom. The molecular formula is C6H14ClNOS. The number of carbonyl (C=O) groups excluding carboxylic acids is 1. The van der Waals surface area contributed by atoms with E-state index in [-0.39, 0.29) is 17.5 Å². The van der Waals surface area contributed by atoms with Crippen molar-refractivity contribution in [1.82, 2.24) is 5.32 Å². The maximum atomic E-state index is 10.3. The minimum Gasteiger partial charge on any atom is -0.320 e. The highest BCUT2D eigenvalue weighted by Gasteiger charge is 1.91. The molecule has 0 aromatic carbocycles. The average molecular weight is 184 g/mol. The summed E-state index contributed by atoms with van der Waals surface area (Å²) in [6, 6.07) is 0. The molecule has 0 atom stereocenters. The van der Waals surface area contributed by atoms with E-state index in [9.17, 15) is 4.79 Å². The lowest BCUT2D eigenvalue weighted by molar-refractivity contribution is -0.109. The molecule has 62 valence electrons. The van der Waals surface area contributed by atoms with Gasteiger partial charge in [0.15, 0.2) is 5.12 Å². The van der Waals surface area contributed by atoms with Gasteiger partial charge in [-0.15, -0.1) is 12.4 Å². The van der Waals surface area contributed by atoms with Crippen LogP contribution in [-0.2, 0) is 4.79 Å². The maximum Gasteiger partial charge on any atom is 0.185 e. The standard InChI is InChI=1S/C6H13NOS.ClH/c1-6(8)9-5-3-4-7-2;/h7H,3-5H2,1-2H3;1H. The number of hydrogen-bond donors (Lipinski definition) is 1. The minimum absolute atomic E-state index is 0. The largest absolute Gasteiger partial charge is 0.320 e. The van der Waals surface area contributed by atoms with Crippen LogP contribution in [0.5, 0.6) is 0 Å².